The fourth-order valence-corrected chi connectivity index (χ4v) is 2.67. The van der Waals surface area contributed by atoms with Crippen LogP contribution in [-0.4, -0.2) is 64.2 Å². The summed E-state index contributed by atoms with van der Waals surface area (Å²) in [6, 6.07) is 3.73. The molecule has 0 amide bonds. The van der Waals surface area contributed by atoms with E-state index in [-0.39, 0.29) is 12.2 Å². The summed E-state index contributed by atoms with van der Waals surface area (Å²) in [6.07, 6.45) is 1.56. The van der Waals surface area contributed by atoms with Crippen molar-refractivity contribution in [1.82, 2.24) is 25.2 Å². The molecule has 0 unspecified atom stereocenters. The molecule has 1 aliphatic rings. The van der Waals surface area contributed by atoms with E-state index in [2.05, 4.69) is 30.6 Å². The molecule has 0 aromatic carbocycles. The van der Waals surface area contributed by atoms with E-state index in [4.69, 9.17) is 14.0 Å². The van der Waals surface area contributed by atoms with Gasteiger partial charge in [-0.1, -0.05) is 5.16 Å². The smallest absolute Gasteiger partial charge is 0.240 e. The predicted octanol–water partition coefficient (Wildman–Crippen LogP) is 1.27. The molecule has 1 fully saturated rings. The quantitative estimate of drug-likeness (QED) is 0.756. The second kappa shape index (κ2) is 8.84. The van der Waals surface area contributed by atoms with Crippen LogP contribution in [0.3, 0.4) is 0 Å². The second-order valence-corrected chi connectivity index (χ2v) is 5.86. The third-order valence-corrected chi connectivity index (χ3v) is 3.93. The molecule has 1 aliphatic heterocycles. The Morgan fingerprint density at radius 1 is 1.48 bits per heavy atom. The Balaban J connectivity index is 1.48. The Hall–Kier alpha value is -2.10. The first-order chi connectivity index (χ1) is 12.2. The summed E-state index contributed by atoms with van der Waals surface area (Å²) < 4.78 is 16.6. The summed E-state index contributed by atoms with van der Waals surface area (Å²) in [6.45, 7) is 8.05. The maximum Gasteiger partial charge on any atom is 0.240 e. The Bertz CT molecular complexity index is 638. The van der Waals surface area contributed by atoms with Gasteiger partial charge < -0.3 is 19.3 Å². The van der Waals surface area contributed by atoms with Gasteiger partial charge in [-0.15, -0.1) is 5.10 Å². The van der Waals surface area contributed by atoms with Crippen molar-refractivity contribution in [3.05, 3.63) is 30.0 Å². The Morgan fingerprint density at radius 2 is 2.40 bits per heavy atom. The van der Waals surface area contributed by atoms with Gasteiger partial charge in [-0.2, -0.15) is 10.1 Å². The van der Waals surface area contributed by atoms with Gasteiger partial charge in [0.05, 0.1) is 19.3 Å². The van der Waals surface area contributed by atoms with E-state index in [9.17, 15) is 0 Å². The highest BCUT2D eigenvalue weighted by Crippen LogP contribution is 2.15. The SMILES string of the molecule is CCO[C@@H](C)c1noc(CN2CCO[C@@H](CNc3cccnn3)C2)n1. The van der Waals surface area contributed by atoms with E-state index < -0.39 is 0 Å². The zero-order valence-corrected chi connectivity index (χ0v) is 14.6. The fourth-order valence-electron chi connectivity index (χ4n) is 2.67. The summed E-state index contributed by atoms with van der Waals surface area (Å²) in [5.41, 5.74) is 0. The lowest BCUT2D eigenvalue weighted by Gasteiger charge is -2.32. The van der Waals surface area contributed by atoms with Crippen molar-refractivity contribution in [2.24, 2.45) is 0 Å². The van der Waals surface area contributed by atoms with Gasteiger partial charge >= 0.3 is 0 Å². The molecule has 2 atom stereocenters. The van der Waals surface area contributed by atoms with E-state index in [0.29, 0.717) is 38.0 Å². The van der Waals surface area contributed by atoms with Crippen molar-refractivity contribution in [3.8, 4) is 0 Å². The zero-order chi connectivity index (χ0) is 17.5. The normalized spacial score (nSPS) is 19.7. The highest BCUT2D eigenvalue weighted by atomic mass is 16.5. The standard InChI is InChI=1S/C16H24N6O3/c1-3-23-12(2)16-19-15(25-21-16)11-22-7-8-24-13(10-22)9-17-14-5-4-6-18-20-14/h4-6,12-13H,3,7-11H2,1-2H3,(H,17,20)/t12-,13-/m0/s1. The van der Waals surface area contributed by atoms with Gasteiger partial charge in [0.25, 0.3) is 0 Å². The van der Waals surface area contributed by atoms with Gasteiger partial charge in [-0.3, -0.25) is 4.90 Å². The Labute approximate surface area is 146 Å². The fraction of sp³-hybridized carbons (Fsp3) is 0.625. The molecule has 0 saturated carbocycles. The average molecular weight is 348 g/mol. The number of rotatable bonds is 8. The molecule has 0 spiro atoms. The molecule has 136 valence electrons. The zero-order valence-electron chi connectivity index (χ0n) is 14.6. The lowest BCUT2D eigenvalue weighted by atomic mass is 10.2. The molecule has 0 aliphatic carbocycles. The minimum Gasteiger partial charge on any atom is -0.374 e. The second-order valence-electron chi connectivity index (χ2n) is 5.86. The molecule has 1 saturated heterocycles. The minimum atomic E-state index is -0.156. The predicted molar refractivity (Wildman–Crippen MR) is 89.9 cm³/mol. The average Bonchev–Trinajstić information content (AvgIpc) is 3.10. The van der Waals surface area contributed by atoms with Crippen LogP contribution in [0.2, 0.25) is 0 Å². The monoisotopic (exact) mass is 348 g/mol. The lowest BCUT2D eigenvalue weighted by molar-refractivity contribution is -0.0268. The number of hydrogen-bond acceptors (Lipinski definition) is 9. The first-order valence-electron chi connectivity index (χ1n) is 8.54. The third-order valence-electron chi connectivity index (χ3n) is 3.93. The van der Waals surface area contributed by atoms with Crippen LogP contribution >= 0.6 is 0 Å². The van der Waals surface area contributed by atoms with Gasteiger partial charge in [0, 0.05) is 32.4 Å². The molecular formula is C16H24N6O3. The first kappa shape index (κ1) is 17.7. The van der Waals surface area contributed by atoms with E-state index in [1.54, 1.807) is 6.20 Å². The molecule has 3 heterocycles. The van der Waals surface area contributed by atoms with Crippen molar-refractivity contribution in [1.29, 1.82) is 0 Å². The molecular weight excluding hydrogens is 324 g/mol. The number of morpholine rings is 1. The van der Waals surface area contributed by atoms with E-state index in [1.807, 2.05) is 26.0 Å². The molecule has 1 N–H and O–H groups in total. The number of nitrogens with zero attached hydrogens (tertiary/aromatic N) is 5. The van der Waals surface area contributed by atoms with Crippen molar-refractivity contribution in [2.75, 3.05) is 38.2 Å². The summed E-state index contributed by atoms with van der Waals surface area (Å²) in [5.74, 6) is 1.93. The summed E-state index contributed by atoms with van der Waals surface area (Å²) in [7, 11) is 0. The van der Waals surface area contributed by atoms with Crippen LogP contribution in [0.5, 0.6) is 0 Å². The molecule has 9 heteroatoms. The van der Waals surface area contributed by atoms with Gasteiger partial charge in [-0.05, 0) is 26.0 Å². The van der Waals surface area contributed by atoms with Crippen molar-refractivity contribution in [2.45, 2.75) is 32.6 Å². The van der Waals surface area contributed by atoms with Crippen LogP contribution in [0.4, 0.5) is 5.82 Å². The number of ether oxygens (including phenoxy) is 2. The Kier molecular flexibility index (Phi) is 6.26. The molecule has 9 nitrogen and oxygen atoms in total. The first-order valence-corrected chi connectivity index (χ1v) is 8.54. The van der Waals surface area contributed by atoms with E-state index >= 15 is 0 Å². The molecule has 25 heavy (non-hydrogen) atoms. The van der Waals surface area contributed by atoms with Gasteiger partial charge in [0.1, 0.15) is 11.9 Å². The van der Waals surface area contributed by atoms with Crippen LogP contribution in [0.1, 0.15) is 31.7 Å². The van der Waals surface area contributed by atoms with Gasteiger partial charge in [0.15, 0.2) is 5.82 Å². The van der Waals surface area contributed by atoms with Crippen LogP contribution < -0.4 is 5.32 Å². The van der Waals surface area contributed by atoms with Crippen molar-refractivity contribution < 1.29 is 14.0 Å². The van der Waals surface area contributed by atoms with Gasteiger partial charge in [0.2, 0.25) is 5.89 Å². The maximum atomic E-state index is 5.80. The summed E-state index contributed by atoms with van der Waals surface area (Å²) in [5, 5.41) is 15.1. The van der Waals surface area contributed by atoms with Crippen LogP contribution in [-0.2, 0) is 16.0 Å². The molecule has 0 radical (unpaired) electrons. The highest BCUT2D eigenvalue weighted by molar-refractivity contribution is 5.31. The number of anilines is 1. The largest absolute Gasteiger partial charge is 0.374 e. The molecule has 2 aromatic rings. The Morgan fingerprint density at radius 3 is 3.20 bits per heavy atom. The maximum absolute atomic E-state index is 5.80. The van der Waals surface area contributed by atoms with Crippen molar-refractivity contribution in [3.63, 3.8) is 0 Å². The summed E-state index contributed by atoms with van der Waals surface area (Å²) >= 11 is 0. The van der Waals surface area contributed by atoms with Crippen LogP contribution in [0.25, 0.3) is 0 Å². The van der Waals surface area contributed by atoms with E-state index in [1.165, 1.54) is 0 Å². The molecule has 2 aromatic heterocycles. The molecule has 0 bridgehead atoms. The van der Waals surface area contributed by atoms with Crippen LogP contribution in [0.15, 0.2) is 22.9 Å². The van der Waals surface area contributed by atoms with E-state index in [0.717, 1.165) is 18.9 Å². The summed E-state index contributed by atoms with van der Waals surface area (Å²) in [4.78, 5) is 6.67. The van der Waals surface area contributed by atoms with Gasteiger partial charge in [-0.25, -0.2) is 0 Å². The number of nitrogens with one attached hydrogen (secondary N) is 1. The lowest BCUT2D eigenvalue weighted by Crippen LogP contribution is -2.44. The minimum absolute atomic E-state index is 0.0699. The topological polar surface area (TPSA) is 98.4 Å². The highest BCUT2D eigenvalue weighted by Gasteiger charge is 2.23. The number of aromatic nitrogens is 4. The number of hydrogen-bond donors (Lipinski definition) is 1. The molecule has 3 rings (SSSR count). The van der Waals surface area contributed by atoms with Crippen molar-refractivity contribution >= 4 is 5.82 Å². The van der Waals surface area contributed by atoms with Crippen LogP contribution in [0, 0.1) is 0 Å². The third kappa shape index (κ3) is 5.18.